The van der Waals surface area contributed by atoms with Crippen molar-refractivity contribution in [1.82, 2.24) is 20.0 Å². The third-order valence-corrected chi connectivity index (χ3v) is 7.00. The predicted octanol–water partition coefficient (Wildman–Crippen LogP) is 3.90. The van der Waals surface area contributed by atoms with Crippen LogP contribution in [0.1, 0.15) is 62.2 Å². The van der Waals surface area contributed by atoms with Gasteiger partial charge in [-0.25, -0.2) is 4.98 Å². The first-order chi connectivity index (χ1) is 17.6. The molecule has 0 spiro atoms. The Hall–Kier alpha value is -2.96. The number of nitrogens with one attached hydrogen (secondary N) is 1. The zero-order valence-corrected chi connectivity index (χ0v) is 20.8. The van der Waals surface area contributed by atoms with Crippen molar-refractivity contribution in [2.75, 3.05) is 26.3 Å². The highest BCUT2D eigenvalue weighted by Gasteiger charge is 2.29. The van der Waals surface area contributed by atoms with Crippen molar-refractivity contribution in [3.63, 3.8) is 0 Å². The predicted molar refractivity (Wildman–Crippen MR) is 135 cm³/mol. The van der Waals surface area contributed by atoms with E-state index in [-0.39, 0.29) is 24.4 Å². The molecule has 2 aliphatic heterocycles. The maximum Gasteiger partial charge on any atom is 0.167 e. The molecule has 1 aromatic carbocycles. The molecule has 190 valence electrons. The number of ether oxygens (including phenoxy) is 2. The van der Waals surface area contributed by atoms with Gasteiger partial charge in [-0.2, -0.15) is 0 Å². The number of aliphatic hydroxyl groups excluding tert-OH is 1. The lowest BCUT2D eigenvalue weighted by molar-refractivity contribution is -0.188. The molecular formula is C28H34N4O4. The van der Waals surface area contributed by atoms with E-state index in [1.165, 1.54) is 0 Å². The molecule has 8 heteroatoms. The van der Waals surface area contributed by atoms with Crippen LogP contribution in [0, 0.1) is 17.3 Å². The van der Waals surface area contributed by atoms with Crippen LogP contribution in [0.3, 0.4) is 0 Å². The van der Waals surface area contributed by atoms with E-state index in [1.807, 2.05) is 48.0 Å². The van der Waals surface area contributed by atoms with Crippen molar-refractivity contribution in [3.8, 4) is 23.2 Å². The molecule has 0 amide bonds. The maximum atomic E-state index is 9.86. The van der Waals surface area contributed by atoms with Crippen molar-refractivity contribution < 1.29 is 19.1 Å². The summed E-state index contributed by atoms with van der Waals surface area (Å²) in [6.45, 7) is 5.18. The molecule has 0 saturated carbocycles. The van der Waals surface area contributed by atoms with Crippen LogP contribution < -0.4 is 5.32 Å². The largest absolute Gasteiger partial charge is 0.395 e. The van der Waals surface area contributed by atoms with Crippen LogP contribution in [0.2, 0.25) is 0 Å². The Morgan fingerprint density at radius 3 is 2.83 bits per heavy atom. The third kappa shape index (κ3) is 5.88. The first-order valence-electron chi connectivity index (χ1n) is 12.8. The molecule has 0 aliphatic carbocycles. The van der Waals surface area contributed by atoms with Gasteiger partial charge >= 0.3 is 0 Å². The highest BCUT2D eigenvalue weighted by Crippen LogP contribution is 2.28. The van der Waals surface area contributed by atoms with E-state index in [4.69, 9.17) is 14.0 Å². The summed E-state index contributed by atoms with van der Waals surface area (Å²) >= 11 is 0. The molecule has 2 saturated heterocycles. The van der Waals surface area contributed by atoms with Crippen LogP contribution in [0.4, 0.5) is 0 Å². The number of rotatable bonds is 7. The molecule has 3 aromatic rings. The second kappa shape index (κ2) is 11.4. The fraction of sp³-hybridized carbons (Fsp3) is 0.500. The lowest BCUT2D eigenvalue weighted by Gasteiger charge is -2.30. The second-order valence-electron chi connectivity index (χ2n) is 9.69. The minimum Gasteiger partial charge on any atom is -0.395 e. The third-order valence-electron chi connectivity index (χ3n) is 7.00. The van der Waals surface area contributed by atoms with Crippen molar-refractivity contribution in [2.24, 2.45) is 5.41 Å². The average Bonchev–Trinajstić information content (AvgIpc) is 3.59. The number of imidazole rings is 1. The zero-order chi connectivity index (χ0) is 24.8. The molecule has 2 aromatic heterocycles. The van der Waals surface area contributed by atoms with Crippen molar-refractivity contribution >= 4 is 0 Å². The van der Waals surface area contributed by atoms with Gasteiger partial charge in [-0.05, 0) is 76.4 Å². The Kier molecular flexibility index (Phi) is 7.83. The summed E-state index contributed by atoms with van der Waals surface area (Å²) in [4.78, 5) is 4.51. The number of nitrogens with zero attached hydrogens (tertiary/aromatic N) is 3. The van der Waals surface area contributed by atoms with Gasteiger partial charge < -0.3 is 29.0 Å². The highest BCUT2D eigenvalue weighted by molar-refractivity contribution is 5.59. The second-order valence-corrected chi connectivity index (χ2v) is 9.69. The van der Waals surface area contributed by atoms with Crippen molar-refractivity contribution in [1.29, 1.82) is 0 Å². The zero-order valence-electron chi connectivity index (χ0n) is 20.8. The number of benzene rings is 1. The van der Waals surface area contributed by atoms with E-state index in [0.717, 1.165) is 74.4 Å². The number of hydrogen-bond donors (Lipinski definition) is 2. The van der Waals surface area contributed by atoms with Crippen LogP contribution in [0.15, 0.2) is 47.2 Å². The lowest BCUT2D eigenvalue weighted by atomic mass is 9.80. The molecular weight excluding hydrogens is 456 g/mol. The SMILES string of the molecule is C[C@H](OC1CCCCO1)c1nccn1Cc1cc(-c2ccc(C#CC3(CO)CCNCC3)cc2)on1. The van der Waals surface area contributed by atoms with E-state index in [9.17, 15) is 5.11 Å². The molecule has 2 atom stereocenters. The molecule has 0 radical (unpaired) electrons. The van der Waals surface area contributed by atoms with Crippen molar-refractivity contribution in [3.05, 3.63) is 59.8 Å². The lowest BCUT2D eigenvalue weighted by Crippen LogP contribution is -2.38. The molecule has 8 nitrogen and oxygen atoms in total. The smallest absolute Gasteiger partial charge is 0.167 e. The minimum atomic E-state index is -0.304. The van der Waals surface area contributed by atoms with E-state index in [0.29, 0.717) is 12.3 Å². The molecule has 2 fully saturated rings. The Morgan fingerprint density at radius 2 is 2.08 bits per heavy atom. The normalized spacial score (nSPS) is 20.4. The van der Waals surface area contributed by atoms with Gasteiger partial charge in [0.05, 0.1) is 18.6 Å². The van der Waals surface area contributed by atoms with Crippen LogP contribution >= 0.6 is 0 Å². The van der Waals surface area contributed by atoms with Crippen molar-refractivity contribution in [2.45, 2.75) is 58.0 Å². The fourth-order valence-corrected chi connectivity index (χ4v) is 4.77. The van der Waals surface area contributed by atoms with Gasteiger partial charge in [-0.1, -0.05) is 17.0 Å². The summed E-state index contributed by atoms with van der Waals surface area (Å²) in [7, 11) is 0. The standard InChI is InChI=1S/C28H34N4O4/c1-21(35-26-4-2-3-17-34-26)27-30-15-16-32(27)19-24-18-25(36-31-24)23-7-5-22(6-8-23)9-10-28(20-33)11-13-29-14-12-28/h5-8,15-16,18,21,26,29,33H,2-4,11-14,17,19-20H2,1H3/t21-,26?/m0/s1. The summed E-state index contributed by atoms with van der Waals surface area (Å²) < 4.78 is 19.5. The Balaban J connectivity index is 1.23. The Labute approximate surface area is 212 Å². The Morgan fingerprint density at radius 1 is 1.25 bits per heavy atom. The summed E-state index contributed by atoms with van der Waals surface area (Å²) in [6, 6.07) is 9.90. The topological polar surface area (TPSA) is 94.6 Å². The molecule has 1 unspecified atom stereocenters. The molecule has 4 heterocycles. The number of aliphatic hydroxyl groups is 1. The number of piperidine rings is 1. The highest BCUT2D eigenvalue weighted by atomic mass is 16.7. The van der Waals surface area contributed by atoms with E-state index in [1.54, 1.807) is 6.20 Å². The van der Waals surface area contributed by atoms with E-state index in [2.05, 4.69) is 27.3 Å². The van der Waals surface area contributed by atoms with E-state index >= 15 is 0 Å². The first-order valence-corrected chi connectivity index (χ1v) is 12.8. The van der Waals surface area contributed by atoms with Gasteiger partial charge in [0.15, 0.2) is 12.1 Å². The monoisotopic (exact) mass is 490 g/mol. The van der Waals surface area contributed by atoms with Gasteiger partial charge in [0.1, 0.15) is 17.6 Å². The van der Waals surface area contributed by atoms with Gasteiger partial charge in [0.25, 0.3) is 0 Å². The fourth-order valence-electron chi connectivity index (χ4n) is 4.77. The average molecular weight is 491 g/mol. The summed E-state index contributed by atoms with van der Waals surface area (Å²) in [5, 5.41) is 17.5. The molecule has 36 heavy (non-hydrogen) atoms. The number of aromatic nitrogens is 3. The van der Waals surface area contributed by atoms with E-state index < -0.39 is 0 Å². The van der Waals surface area contributed by atoms with Gasteiger partial charge in [0, 0.05) is 36.2 Å². The maximum absolute atomic E-state index is 9.86. The molecule has 2 aliphatic rings. The van der Waals surface area contributed by atoms with Gasteiger partial charge in [-0.15, -0.1) is 0 Å². The van der Waals surface area contributed by atoms with Crippen LogP contribution in [0.5, 0.6) is 0 Å². The summed E-state index contributed by atoms with van der Waals surface area (Å²) in [6.07, 6.45) is 8.24. The molecule has 2 N–H and O–H groups in total. The summed E-state index contributed by atoms with van der Waals surface area (Å²) in [5.74, 6) is 8.12. The van der Waals surface area contributed by atoms with Crippen LogP contribution in [-0.4, -0.2) is 52.4 Å². The van der Waals surface area contributed by atoms with Crippen LogP contribution in [-0.2, 0) is 16.0 Å². The van der Waals surface area contributed by atoms with Gasteiger partial charge in [-0.3, -0.25) is 0 Å². The van der Waals surface area contributed by atoms with Crippen LogP contribution in [0.25, 0.3) is 11.3 Å². The number of hydrogen-bond acceptors (Lipinski definition) is 7. The minimum absolute atomic E-state index is 0.0957. The summed E-state index contributed by atoms with van der Waals surface area (Å²) in [5.41, 5.74) is 2.37. The Bertz CT molecular complexity index is 1180. The van der Waals surface area contributed by atoms with Gasteiger partial charge in [0.2, 0.25) is 0 Å². The quantitative estimate of drug-likeness (QED) is 0.485. The molecule has 5 rings (SSSR count). The first kappa shape index (κ1) is 24.7. The molecule has 0 bridgehead atoms.